The van der Waals surface area contributed by atoms with Crippen molar-refractivity contribution in [1.29, 1.82) is 0 Å². The van der Waals surface area contributed by atoms with Crippen LogP contribution in [0.1, 0.15) is 21.6 Å². The maximum absolute atomic E-state index is 12.8. The fourth-order valence-electron chi connectivity index (χ4n) is 2.52. The summed E-state index contributed by atoms with van der Waals surface area (Å²) in [6.07, 6.45) is -3.89. The Morgan fingerprint density at radius 3 is 2.45 bits per heavy atom. The van der Waals surface area contributed by atoms with Gasteiger partial charge in [-0.1, -0.05) is 12.1 Å². The molecule has 172 valence electrons. The van der Waals surface area contributed by atoms with E-state index in [-0.39, 0.29) is 18.2 Å². The van der Waals surface area contributed by atoms with Crippen molar-refractivity contribution < 1.29 is 37.3 Å². The molecule has 0 saturated carbocycles. The van der Waals surface area contributed by atoms with Crippen molar-refractivity contribution >= 4 is 17.7 Å². The molecule has 0 fully saturated rings. The lowest BCUT2D eigenvalue weighted by Crippen LogP contribution is -2.18. The molecule has 3 N–H and O–H groups in total. The molecule has 0 spiro atoms. The number of amides is 2. The number of nitrogens with zero attached hydrogens (tertiary/aromatic N) is 2. The number of nitrogens with one attached hydrogen (secondary N) is 2. The summed E-state index contributed by atoms with van der Waals surface area (Å²) in [5.41, 5.74) is -0.924. The number of hydrogen-bond donors (Lipinski definition) is 3. The molecule has 0 atom stereocenters. The molecule has 3 aromatic rings. The van der Waals surface area contributed by atoms with Crippen molar-refractivity contribution in [2.24, 2.45) is 0 Å². The summed E-state index contributed by atoms with van der Waals surface area (Å²) in [7, 11) is 1.48. The summed E-state index contributed by atoms with van der Waals surface area (Å²) in [5, 5.41) is 14.0. The minimum Gasteiger partial charge on any atom is -0.492 e. The first kappa shape index (κ1) is 23.3. The second kappa shape index (κ2) is 9.85. The Kier molecular flexibility index (Phi) is 6.96. The van der Waals surface area contributed by atoms with E-state index in [9.17, 15) is 27.9 Å². The fraction of sp³-hybridized carbons (Fsp3) is 0.143. The van der Waals surface area contributed by atoms with Gasteiger partial charge in [0.05, 0.1) is 5.56 Å². The van der Waals surface area contributed by atoms with E-state index >= 15 is 0 Å². The van der Waals surface area contributed by atoms with Crippen LogP contribution in [-0.2, 0) is 17.5 Å². The number of benzene rings is 1. The van der Waals surface area contributed by atoms with Crippen molar-refractivity contribution in [2.45, 2.75) is 12.8 Å². The molecule has 3 rings (SSSR count). The van der Waals surface area contributed by atoms with Crippen LogP contribution in [-0.4, -0.2) is 34.1 Å². The Morgan fingerprint density at radius 1 is 1.06 bits per heavy atom. The number of ether oxygens (including phenoxy) is 2. The van der Waals surface area contributed by atoms with Gasteiger partial charge in [-0.05, 0) is 29.8 Å². The lowest BCUT2D eigenvalue weighted by Gasteiger charge is -2.11. The van der Waals surface area contributed by atoms with Crippen LogP contribution in [0.3, 0.4) is 0 Å². The van der Waals surface area contributed by atoms with E-state index in [1.807, 2.05) is 5.32 Å². The minimum absolute atomic E-state index is 0.188. The van der Waals surface area contributed by atoms with Gasteiger partial charge >= 0.3 is 12.3 Å². The first-order valence-corrected chi connectivity index (χ1v) is 9.30. The van der Waals surface area contributed by atoms with E-state index in [1.165, 1.54) is 19.3 Å². The van der Waals surface area contributed by atoms with Gasteiger partial charge in [0.2, 0.25) is 5.88 Å². The van der Waals surface area contributed by atoms with Crippen LogP contribution < -0.4 is 15.4 Å². The molecule has 0 radical (unpaired) electrons. The maximum Gasteiger partial charge on any atom is 0.417 e. The van der Waals surface area contributed by atoms with Gasteiger partial charge in [-0.2, -0.15) is 13.2 Å². The molecule has 0 saturated heterocycles. The zero-order valence-corrected chi connectivity index (χ0v) is 17.0. The summed E-state index contributed by atoms with van der Waals surface area (Å²) in [4.78, 5) is 30.7. The van der Waals surface area contributed by atoms with Crippen molar-refractivity contribution in [3.05, 3.63) is 71.7 Å². The van der Waals surface area contributed by atoms with Crippen molar-refractivity contribution in [1.82, 2.24) is 15.3 Å². The molecule has 2 heterocycles. The smallest absolute Gasteiger partial charge is 0.417 e. The lowest BCUT2D eigenvalue weighted by molar-refractivity contribution is -0.137. The van der Waals surface area contributed by atoms with E-state index in [2.05, 4.69) is 15.3 Å². The number of aromatic hydroxyl groups is 1. The number of anilines is 1. The number of rotatable bonds is 6. The van der Waals surface area contributed by atoms with Crippen LogP contribution in [0.2, 0.25) is 0 Å². The van der Waals surface area contributed by atoms with Crippen molar-refractivity contribution in [2.75, 3.05) is 12.4 Å². The van der Waals surface area contributed by atoms with Crippen LogP contribution in [0.25, 0.3) is 0 Å². The molecule has 0 aliphatic carbocycles. The number of halogens is 3. The molecular weight excluding hydrogens is 445 g/mol. The average Bonchev–Trinajstić information content (AvgIpc) is 2.79. The summed E-state index contributed by atoms with van der Waals surface area (Å²) in [6, 6.07) is 9.99. The summed E-state index contributed by atoms with van der Waals surface area (Å²) >= 11 is 0. The highest BCUT2D eigenvalue weighted by Crippen LogP contribution is 2.33. The normalized spacial score (nSPS) is 10.9. The predicted molar refractivity (Wildman–Crippen MR) is 109 cm³/mol. The van der Waals surface area contributed by atoms with Gasteiger partial charge in [-0.15, -0.1) is 0 Å². The number of hydrogen-bond acceptors (Lipinski definition) is 7. The summed E-state index contributed by atoms with van der Waals surface area (Å²) in [6.45, 7) is -0.199. The van der Waals surface area contributed by atoms with E-state index in [0.717, 1.165) is 0 Å². The molecule has 1 aromatic carbocycles. The first-order valence-electron chi connectivity index (χ1n) is 9.30. The first-order chi connectivity index (χ1) is 15.7. The quantitative estimate of drug-likeness (QED) is 0.504. The number of carbonyl (C=O) groups excluding carboxylic acids is 2. The third-order valence-electron chi connectivity index (χ3n) is 4.15. The lowest BCUT2D eigenvalue weighted by atomic mass is 10.2. The molecule has 33 heavy (non-hydrogen) atoms. The van der Waals surface area contributed by atoms with Crippen LogP contribution in [0.4, 0.5) is 23.7 Å². The van der Waals surface area contributed by atoms with Gasteiger partial charge in [0.15, 0.2) is 0 Å². The third kappa shape index (κ3) is 6.32. The highest BCUT2D eigenvalue weighted by atomic mass is 19.4. The molecule has 9 nitrogen and oxygen atoms in total. The monoisotopic (exact) mass is 462 g/mol. The maximum atomic E-state index is 12.8. The molecule has 2 aromatic heterocycles. The Bertz CT molecular complexity index is 1150. The topological polar surface area (TPSA) is 123 Å². The molecule has 0 aliphatic heterocycles. The van der Waals surface area contributed by atoms with E-state index < -0.39 is 29.4 Å². The number of aromatic nitrogens is 2. The fourth-order valence-corrected chi connectivity index (χ4v) is 2.52. The van der Waals surface area contributed by atoms with Gasteiger partial charge in [0.25, 0.3) is 5.91 Å². The highest BCUT2D eigenvalue weighted by Gasteiger charge is 2.32. The SMILES string of the molecule is CNC(=O)c1cc(Oc2ccc(COC(=O)Nc3cc(C(F)(F)F)cnc3O)cc2)ccn1. The summed E-state index contributed by atoms with van der Waals surface area (Å²) < 4.78 is 48.9. The van der Waals surface area contributed by atoms with Crippen LogP contribution in [0, 0.1) is 0 Å². The molecule has 12 heteroatoms. The Balaban J connectivity index is 1.57. The minimum atomic E-state index is -4.69. The Morgan fingerprint density at radius 2 is 1.79 bits per heavy atom. The van der Waals surface area contributed by atoms with Gasteiger partial charge in [-0.3, -0.25) is 15.1 Å². The molecule has 0 aliphatic rings. The Hall–Kier alpha value is -4.35. The second-order valence-electron chi connectivity index (χ2n) is 6.50. The molecule has 0 bridgehead atoms. The number of carbonyl (C=O) groups is 2. The molecule has 0 unspecified atom stereocenters. The van der Waals surface area contributed by atoms with Crippen molar-refractivity contribution in [3.63, 3.8) is 0 Å². The number of pyridine rings is 2. The zero-order valence-electron chi connectivity index (χ0n) is 17.0. The van der Waals surface area contributed by atoms with Crippen LogP contribution in [0.15, 0.2) is 54.9 Å². The third-order valence-corrected chi connectivity index (χ3v) is 4.15. The van der Waals surface area contributed by atoms with Crippen LogP contribution >= 0.6 is 0 Å². The molecule has 2 amide bonds. The Labute approximate surface area is 185 Å². The van der Waals surface area contributed by atoms with Gasteiger partial charge in [-0.25, -0.2) is 9.78 Å². The van der Waals surface area contributed by atoms with E-state index in [1.54, 1.807) is 30.3 Å². The molecular formula is C21H17F3N4O5. The van der Waals surface area contributed by atoms with Gasteiger partial charge in [0.1, 0.15) is 29.5 Å². The standard InChI is InChI=1S/C21H17F3N4O5/c1-25-18(29)16-9-15(6-7-26-16)33-14-4-2-12(3-5-14)11-32-20(31)28-17-8-13(21(22,23)24)10-27-19(17)30/h2-10H,11H2,1H3,(H,25,29)(H,27,30)(H,28,31). The van der Waals surface area contributed by atoms with Gasteiger partial charge < -0.3 is 19.9 Å². The predicted octanol–water partition coefficient (Wildman–Crippen LogP) is 4.10. The summed E-state index contributed by atoms with van der Waals surface area (Å²) in [5.74, 6) is -0.309. The van der Waals surface area contributed by atoms with Crippen LogP contribution in [0.5, 0.6) is 17.4 Å². The van der Waals surface area contributed by atoms with E-state index in [4.69, 9.17) is 9.47 Å². The average molecular weight is 462 g/mol. The van der Waals surface area contributed by atoms with Crippen molar-refractivity contribution in [3.8, 4) is 17.4 Å². The zero-order chi connectivity index (χ0) is 24.0. The largest absolute Gasteiger partial charge is 0.492 e. The highest BCUT2D eigenvalue weighted by molar-refractivity contribution is 5.92. The van der Waals surface area contributed by atoms with Gasteiger partial charge in [0, 0.05) is 25.5 Å². The van der Waals surface area contributed by atoms with E-state index in [0.29, 0.717) is 29.3 Å². The number of alkyl halides is 3. The second-order valence-corrected chi connectivity index (χ2v) is 6.50.